The van der Waals surface area contributed by atoms with Crippen LogP contribution in [-0.4, -0.2) is 54.6 Å². The number of carbonyl (C=O) groups is 1. The summed E-state index contributed by atoms with van der Waals surface area (Å²) >= 11 is 5.93. The van der Waals surface area contributed by atoms with Crippen LogP contribution in [0.4, 0.5) is 0 Å². The van der Waals surface area contributed by atoms with E-state index in [9.17, 15) is 13.2 Å². The quantitative estimate of drug-likeness (QED) is 0.813. The molecule has 8 nitrogen and oxygen atoms in total. The molecule has 0 radical (unpaired) electrons. The standard InChI is InChI=1S/C13H15ClN4O4S/c1-4-22-13(19)10-11(16-17-12(10)14)8-6-5-7-9(15-8)23(20,21)18(2)3/h5-7H,4H2,1-3H3,(H,16,17). The van der Waals surface area contributed by atoms with Gasteiger partial charge in [0.15, 0.2) is 5.03 Å². The highest BCUT2D eigenvalue weighted by molar-refractivity contribution is 7.89. The minimum atomic E-state index is -3.71. The van der Waals surface area contributed by atoms with Gasteiger partial charge in [0, 0.05) is 14.1 Å². The van der Waals surface area contributed by atoms with E-state index in [0.717, 1.165) is 4.31 Å². The van der Waals surface area contributed by atoms with Crippen LogP contribution < -0.4 is 0 Å². The van der Waals surface area contributed by atoms with Gasteiger partial charge in [0.05, 0.1) is 12.3 Å². The minimum Gasteiger partial charge on any atom is -0.462 e. The van der Waals surface area contributed by atoms with Gasteiger partial charge in [-0.3, -0.25) is 5.10 Å². The minimum absolute atomic E-state index is 0.00104. The molecule has 0 unspecified atom stereocenters. The fourth-order valence-corrected chi connectivity index (χ4v) is 2.82. The predicted molar refractivity (Wildman–Crippen MR) is 83.7 cm³/mol. The topological polar surface area (TPSA) is 105 Å². The van der Waals surface area contributed by atoms with Crippen LogP contribution >= 0.6 is 11.6 Å². The Morgan fingerprint density at radius 2 is 2.09 bits per heavy atom. The summed E-state index contributed by atoms with van der Waals surface area (Å²) < 4.78 is 30.3. The SMILES string of the molecule is CCOC(=O)c1c(-c2cccc(S(=O)(=O)N(C)C)n2)n[nH]c1Cl. The first-order chi connectivity index (χ1) is 10.8. The lowest BCUT2D eigenvalue weighted by molar-refractivity contribution is 0.0527. The number of rotatable bonds is 5. The molecule has 2 heterocycles. The largest absolute Gasteiger partial charge is 0.462 e. The second-order valence-electron chi connectivity index (χ2n) is 4.63. The second-order valence-corrected chi connectivity index (χ2v) is 7.11. The van der Waals surface area contributed by atoms with Gasteiger partial charge in [-0.15, -0.1) is 0 Å². The summed E-state index contributed by atoms with van der Waals surface area (Å²) in [5, 5.41) is 6.24. The second kappa shape index (κ2) is 6.65. The molecule has 0 saturated carbocycles. The van der Waals surface area contributed by atoms with Gasteiger partial charge in [-0.25, -0.2) is 22.5 Å². The van der Waals surface area contributed by atoms with E-state index < -0.39 is 16.0 Å². The maximum absolute atomic E-state index is 12.2. The van der Waals surface area contributed by atoms with Crippen molar-refractivity contribution in [2.24, 2.45) is 0 Å². The zero-order valence-electron chi connectivity index (χ0n) is 12.7. The number of esters is 1. The number of H-pyrrole nitrogens is 1. The molecule has 0 saturated heterocycles. The van der Waals surface area contributed by atoms with Crippen molar-refractivity contribution >= 4 is 27.6 Å². The summed E-state index contributed by atoms with van der Waals surface area (Å²) in [5.74, 6) is -0.663. The molecule has 0 fully saturated rings. The molecule has 0 spiro atoms. The zero-order valence-corrected chi connectivity index (χ0v) is 14.3. The van der Waals surface area contributed by atoms with Gasteiger partial charge in [0.25, 0.3) is 10.0 Å². The fraction of sp³-hybridized carbons (Fsp3) is 0.308. The van der Waals surface area contributed by atoms with Crippen LogP contribution in [0, 0.1) is 0 Å². The molecule has 23 heavy (non-hydrogen) atoms. The molecular weight excluding hydrogens is 344 g/mol. The predicted octanol–water partition coefficient (Wildman–Crippen LogP) is 1.55. The monoisotopic (exact) mass is 358 g/mol. The number of nitrogens with zero attached hydrogens (tertiary/aromatic N) is 3. The van der Waals surface area contributed by atoms with E-state index in [1.807, 2.05) is 0 Å². The summed E-state index contributed by atoms with van der Waals surface area (Å²) in [6.45, 7) is 1.83. The van der Waals surface area contributed by atoms with Crippen molar-refractivity contribution in [2.75, 3.05) is 20.7 Å². The Labute approximate surface area is 138 Å². The molecule has 0 aliphatic carbocycles. The molecule has 0 atom stereocenters. The van der Waals surface area contributed by atoms with E-state index in [1.165, 1.54) is 32.3 Å². The number of nitrogens with one attached hydrogen (secondary N) is 1. The lowest BCUT2D eigenvalue weighted by Crippen LogP contribution is -2.23. The average Bonchev–Trinajstić information content (AvgIpc) is 2.89. The molecule has 1 N–H and O–H groups in total. The van der Waals surface area contributed by atoms with Crippen LogP contribution in [-0.2, 0) is 14.8 Å². The summed E-state index contributed by atoms with van der Waals surface area (Å²) in [4.78, 5) is 16.1. The Morgan fingerprint density at radius 3 is 2.70 bits per heavy atom. The number of halogens is 1. The number of sulfonamides is 1. The van der Waals surface area contributed by atoms with Crippen LogP contribution in [0.1, 0.15) is 17.3 Å². The van der Waals surface area contributed by atoms with E-state index in [4.69, 9.17) is 16.3 Å². The van der Waals surface area contributed by atoms with Gasteiger partial charge in [0.2, 0.25) is 0 Å². The summed E-state index contributed by atoms with van der Waals surface area (Å²) in [6.07, 6.45) is 0. The van der Waals surface area contributed by atoms with Crippen molar-refractivity contribution < 1.29 is 17.9 Å². The molecule has 2 aromatic rings. The highest BCUT2D eigenvalue weighted by atomic mass is 35.5. The fourth-order valence-electron chi connectivity index (χ4n) is 1.77. The Morgan fingerprint density at radius 1 is 1.39 bits per heavy atom. The van der Waals surface area contributed by atoms with Crippen LogP contribution in [0.5, 0.6) is 0 Å². The van der Waals surface area contributed by atoms with Crippen molar-refractivity contribution in [3.63, 3.8) is 0 Å². The molecular formula is C13H15ClN4O4S. The molecule has 0 aliphatic rings. The third-order valence-corrected chi connectivity index (χ3v) is 4.90. The Kier molecular flexibility index (Phi) is 5.03. The molecule has 2 aromatic heterocycles. The average molecular weight is 359 g/mol. The molecule has 124 valence electrons. The van der Waals surface area contributed by atoms with E-state index in [1.54, 1.807) is 6.92 Å². The molecule has 0 bridgehead atoms. The van der Waals surface area contributed by atoms with Gasteiger partial charge in [-0.2, -0.15) is 5.10 Å². The maximum atomic E-state index is 12.2. The van der Waals surface area contributed by atoms with Crippen molar-refractivity contribution in [3.8, 4) is 11.4 Å². The Bertz CT molecular complexity index is 832. The number of aromatic amines is 1. The molecule has 0 amide bonds. The van der Waals surface area contributed by atoms with E-state index in [0.29, 0.717) is 0 Å². The van der Waals surface area contributed by atoms with Crippen molar-refractivity contribution in [3.05, 3.63) is 28.9 Å². The van der Waals surface area contributed by atoms with Gasteiger partial charge < -0.3 is 4.74 Å². The van der Waals surface area contributed by atoms with Crippen molar-refractivity contribution in [2.45, 2.75) is 11.9 Å². The Hall–Kier alpha value is -1.97. The normalized spacial score (nSPS) is 11.7. The van der Waals surface area contributed by atoms with Crippen molar-refractivity contribution in [1.82, 2.24) is 19.5 Å². The maximum Gasteiger partial charge on any atom is 0.343 e. The lowest BCUT2D eigenvalue weighted by atomic mass is 10.2. The lowest BCUT2D eigenvalue weighted by Gasteiger charge is -2.11. The highest BCUT2D eigenvalue weighted by Crippen LogP contribution is 2.27. The number of hydrogen-bond donors (Lipinski definition) is 1. The smallest absolute Gasteiger partial charge is 0.343 e. The number of carbonyl (C=O) groups excluding carboxylic acids is 1. The molecule has 0 aromatic carbocycles. The molecule has 2 rings (SSSR count). The first kappa shape index (κ1) is 17.4. The van der Waals surface area contributed by atoms with Crippen LogP contribution in [0.3, 0.4) is 0 Å². The number of pyridine rings is 1. The molecule has 10 heteroatoms. The molecule has 0 aliphatic heterocycles. The van der Waals surface area contributed by atoms with Gasteiger partial charge >= 0.3 is 5.97 Å². The summed E-state index contributed by atoms with van der Waals surface area (Å²) in [6, 6.07) is 4.40. The third-order valence-electron chi connectivity index (χ3n) is 2.91. The van der Waals surface area contributed by atoms with Gasteiger partial charge in [-0.1, -0.05) is 17.7 Å². The first-order valence-corrected chi connectivity index (χ1v) is 8.41. The third kappa shape index (κ3) is 3.36. The number of hydrogen-bond acceptors (Lipinski definition) is 6. The van der Waals surface area contributed by atoms with E-state index in [-0.39, 0.29) is 33.7 Å². The van der Waals surface area contributed by atoms with E-state index >= 15 is 0 Å². The van der Waals surface area contributed by atoms with Crippen molar-refractivity contribution in [1.29, 1.82) is 0 Å². The number of ether oxygens (including phenoxy) is 1. The van der Waals surface area contributed by atoms with Crippen LogP contribution in [0.2, 0.25) is 5.15 Å². The zero-order chi connectivity index (χ0) is 17.2. The van der Waals surface area contributed by atoms with Gasteiger partial charge in [0.1, 0.15) is 16.4 Å². The van der Waals surface area contributed by atoms with E-state index in [2.05, 4.69) is 15.2 Å². The summed E-state index contributed by atoms with van der Waals surface area (Å²) in [5.41, 5.74) is 0.337. The van der Waals surface area contributed by atoms with Crippen LogP contribution in [0.25, 0.3) is 11.4 Å². The highest BCUT2D eigenvalue weighted by Gasteiger charge is 2.25. The number of aromatic nitrogens is 3. The first-order valence-electron chi connectivity index (χ1n) is 6.60. The van der Waals surface area contributed by atoms with Gasteiger partial charge in [-0.05, 0) is 19.1 Å². The van der Waals surface area contributed by atoms with Crippen LogP contribution in [0.15, 0.2) is 23.2 Å². The summed E-state index contributed by atoms with van der Waals surface area (Å²) in [7, 11) is -0.905. The Balaban J connectivity index is 2.55.